The Labute approximate surface area is 254 Å². The highest BCUT2D eigenvalue weighted by atomic mass is 35.5. The van der Waals surface area contributed by atoms with Gasteiger partial charge in [-0.25, -0.2) is 18.1 Å². The van der Waals surface area contributed by atoms with Crippen LogP contribution in [-0.2, 0) is 16.4 Å². The number of ether oxygens (including phenoxy) is 1. The Hall–Kier alpha value is -2.63. The second kappa shape index (κ2) is 13.6. The molecule has 1 aliphatic carbocycles. The van der Waals surface area contributed by atoms with Crippen molar-refractivity contribution in [1.29, 1.82) is 0 Å². The van der Waals surface area contributed by atoms with E-state index in [0.717, 1.165) is 79.0 Å². The number of nitrogens with one attached hydrogen (secondary N) is 3. The molecule has 1 fully saturated rings. The molecule has 0 aliphatic heterocycles. The molecule has 1 aliphatic rings. The lowest BCUT2D eigenvalue weighted by atomic mass is 9.82. The SMILES string of the molecule is COc1ccc(CCNc2nc(NCC3CCC(CNS(=O)(=O)c4cc(Cl)sc4Cl)CC3)nc3ccccc23)cc1. The van der Waals surface area contributed by atoms with E-state index < -0.39 is 10.0 Å². The maximum Gasteiger partial charge on any atom is 0.242 e. The molecule has 2 heterocycles. The minimum Gasteiger partial charge on any atom is -0.497 e. The van der Waals surface area contributed by atoms with Crippen LogP contribution in [-0.4, -0.2) is 45.1 Å². The molecule has 4 aromatic rings. The van der Waals surface area contributed by atoms with E-state index >= 15 is 0 Å². The number of benzene rings is 2. The van der Waals surface area contributed by atoms with Gasteiger partial charge in [0.25, 0.3) is 0 Å². The Morgan fingerprint density at radius 2 is 1.66 bits per heavy atom. The van der Waals surface area contributed by atoms with Gasteiger partial charge < -0.3 is 15.4 Å². The average Bonchev–Trinajstić information content (AvgIpc) is 3.34. The van der Waals surface area contributed by atoms with Gasteiger partial charge in [0.2, 0.25) is 16.0 Å². The summed E-state index contributed by atoms with van der Waals surface area (Å²) in [6, 6.07) is 17.5. The molecule has 3 N–H and O–H groups in total. The summed E-state index contributed by atoms with van der Waals surface area (Å²) in [6.07, 6.45) is 4.77. The number of methoxy groups -OCH3 is 1. The lowest BCUT2D eigenvalue weighted by Crippen LogP contribution is -2.32. The number of hydrogen-bond donors (Lipinski definition) is 3. The second-order valence-electron chi connectivity index (χ2n) is 10.2. The summed E-state index contributed by atoms with van der Waals surface area (Å²) in [5.41, 5.74) is 2.11. The largest absolute Gasteiger partial charge is 0.497 e. The summed E-state index contributed by atoms with van der Waals surface area (Å²) in [5, 5.41) is 7.94. The van der Waals surface area contributed by atoms with E-state index in [1.54, 1.807) is 7.11 Å². The Morgan fingerprint density at radius 1 is 0.951 bits per heavy atom. The van der Waals surface area contributed by atoms with Crippen LogP contribution in [0.5, 0.6) is 5.75 Å². The molecule has 0 saturated heterocycles. The predicted molar refractivity (Wildman–Crippen MR) is 168 cm³/mol. The van der Waals surface area contributed by atoms with Gasteiger partial charge in [-0.15, -0.1) is 11.3 Å². The molecule has 1 saturated carbocycles. The third-order valence-electron chi connectivity index (χ3n) is 7.46. The highest BCUT2D eigenvalue weighted by molar-refractivity contribution is 7.89. The fraction of sp³-hybridized carbons (Fsp3) is 0.379. The molecule has 0 bridgehead atoms. The van der Waals surface area contributed by atoms with Crippen molar-refractivity contribution in [2.24, 2.45) is 11.8 Å². The minimum atomic E-state index is -3.67. The molecule has 12 heteroatoms. The molecule has 8 nitrogen and oxygen atoms in total. The maximum absolute atomic E-state index is 12.6. The first-order valence-electron chi connectivity index (χ1n) is 13.6. The van der Waals surface area contributed by atoms with Crippen molar-refractivity contribution in [1.82, 2.24) is 14.7 Å². The number of halogens is 2. The first-order valence-corrected chi connectivity index (χ1v) is 16.7. The molecule has 0 unspecified atom stereocenters. The monoisotopic (exact) mass is 633 g/mol. The average molecular weight is 635 g/mol. The predicted octanol–water partition coefficient (Wildman–Crippen LogP) is 6.86. The first kappa shape index (κ1) is 29.8. The van der Waals surface area contributed by atoms with Gasteiger partial charge >= 0.3 is 0 Å². The quantitative estimate of drug-likeness (QED) is 0.156. The van der Waals surface area contributed by atoms with Crippen LogP contribution in [0.4, 0.5) is 11.8 Å². The fourth-order valence-corrected chi connectivity index (χ4v) is 8.36. The van der Waals surface area contributed by atoms with Gasteiger partial charge in [0.15, 0.2) is 0 Å². The molecule has 0 radical (unpaired) electrons. The zero-order chi connectivity index (χ0) is 28.8. The Kier molecular flexibility index (Phi) is 9.87. The summed E-state index contributed by atoms with van der Waals surface area (Å²) in [4.78, 5) is 9.60. The number of para-hydroxylation sites is 1. The third kappa shape index (κ3) is 7.81. The molecule has 2 aromatic heterocycles. The van der Waals surface area contributed by atoms with Crippen molar-refractivity contribution in [2.75, 3.05) is 37.4 Å². The van der Waals surface area contributed by atoms with Crippen LogP contribution in [0.3, 0.4) is 0 Å². The lowest BCUT2D eigenvalue weighted by Gasteiger charge is -2.28. The van der Waals surface area contributed by atoms with Gasteiger partial charge in [-0.3, -0.25) is 0 Å². The zero-order valence-corrected chi connectivity index (χ0v) is 25.8. The number of nitrogens with zero attached hydrogens (tertiary/aromatic N) is 2. The summed E-state index contributed by atoms with van der Waals surface area (Å²) in [7, 11) is -2.00. The normalized spacial score (nSPS) is 17.4. The van der Waals surface area contributed by atoms with Gasteiger partial charge in [-0.2, -0.15) is 4.98 Å². The smallest absolute Gasteiger partial charge is 0.242 e. The van der Waals surface area contributed by atoms with Gasteiger partial charge in [0.05, 0.1) is 17.0 Å². The number of anilines is 2. The third-order valence-corrected chi connectivity index (χ3v) is 10.6. The number of sulfonamides is 1. The molecular formula is C29H33Cl2N5O3S2. The van der Waals surface area contributed by atoms with E-state index in [9.17, 15) is 8.42 Å². The van der Waals surface area contributed by atoms with Crippen molar-refractivity contribution in [3.63, 3.8) is 0 Å². The Balaban J connectivity index is 1.12. The molecule has 0 amide bonds. The molecule has 0 atom stereocenters. The van der Waals surface area contributed by atoms with Gasteiger partial charge in [-0.05, 0) is 79.8 Å². The van der Waals surface area contributed by atoms with E-state index in [1.807, 2.05) is 36.4 Å². The summed E-state index contributed by atoms with van der Waals surface area (Å²) < 4.78 is 33.8. The molecule has 218 valence electrons. The maximum atomic E-state index is 12.6. The van der Waals surface area contributed by atoms with Gasteiger partial charge in [0, 0.05) is 25.0 Å². The van der Waals surface area contributed by atoms with Crippen LogP contribution in [0, 0.1) is 11.8 Å². The topological polar surface area (TPSA) is 105 Å². The zero-order valence-electron chi connectivity index (χ0n) is 22.7. The van der Waals surface area contributed by atoms with Crippen LogP contribution in [0.25, 0.3) is 10.9 Å². The lowest BCUT2D eigenvalue weighted by molar-refractivity contribution is 0.284. The highest BCUT2D eigenvalue weighted by Gasteiger charge is 2.25. The second-order valence-corrected chi connectivity index (χ2v) is 14.3. The number of thiophene rings is 1. The van der Waals surface area contributed by atoms with Crippen LogP contribution < -0.4 is 20.1 Å². The van der Waals surface area contributed by atoms with Crippen LogP contribution in [0.2, 0.25) is 8.67 Å². The summed E-state index contributed by atoms with van der Waals surface area (Å²) in [6.45, 7) is 1.91. The van der Waals surface area contributed by atoms with Crippen LogP contribution in [0.15, 0.2) is 59.5 Å². The Morgan fingerprint density at radius 3 is 2.34 bits per heavy atom. The first-order chi connectivity index (χ1) is 19.8. The van der Waals surface area contributed by atoms with Crippen molar-refractivity contribution >= 4 is 67.2 Å². The van der Waals surface area contributed by atoms with Crippen molar-refractivity contribution in [3.05, 3.63) is 68.8 Å². The van der Waals surface area contributed by atoms with Gasteiger partial charge in [-0.1, -0.05) is 47.5 Å². The molecule has 41 heavy (non-hydrogen) atoms. The van der Waals surface area contributed by atoms with Crippen LogP contribution in [0.1, 0.15) is 31.2 Å². The van der Waals surface area contributed by atoms with E-state index in [-0.39, 0.29) is 15.1 Å². The minimum absolute atomic E-state index is 0.0528. The number of aromatic nitrogens is 2. The van der Waals surface area contributed by atoms with Gasteiger partial charge in [0.1, 0.15) is 20.8 Å². The molecule has 5 rings (SSSR count). The Bertz CT molecular complexity index is 1570. The van der Waals surface area contributed by atoms with E-state index in [0.29, 0.717) is 22.7 Å². The number of rotatable bonds is 12. The summed E-state index contributed by atoms with van der Waals surface area (Å²) in [5.74, 6) is 3.02. The van der Waals surface area contributed by atoms with Crippen LogP contribution >= 0.6 is 34.5 Å². The number of hydrogen-bond acceptors (Lipinski definition) is 8. The van der Waals surface area contributed by atoms with Crippen molar-refractivity contribution in [2.45, 2.75) is 37.0 Å². The molecule has 2 aromatic carbocycles. The highest BCUT2D eigenvalue weighted by Crippen LogP contribution is 2.35. The number of fused-ring (bicyclic) bond motifs is 1. The standard InChI is InChI=1S/C29H33Cl2N5O3S2/c1-39-22-12-10-19(11-13-22)14-15-32-28-23-4-2-3-5-24(23)35-29(36-28)33-17-20-6-8-21(9-7-20)18-34-41(37,38)25-16-26(30)40-27(25)31/h2-5,10-13,16,20-21,34H,6-9,14-15,17-18H2,1H3,(H2,32,33,35,36). The van der Waals surface area contributed by atoms with Crippen molar-refractivity contribution < 1.29 is 13.2 Å². The summed E-state index contributed by atoms with van der Waals surface area (Å²) >= 11 is 13.0. The fourth-order valence-electron chi connectivity index (χ4n) is 5.10. The van der Waals surface area contributed by atoms with E-state index in [1.165, 1.54) is 11.6 Å². The van der Waals surface area contributed by atoms with E-state index in [4.69, 9.17) is 37.9 Å². The van der Waals surface area contributed by atoms with Crippen molar-refractivity contribution in [3.8, 4) is 5.75 Å². The molecular weight excluding hydrogens is 601 g/mol. The molecule has 0 spiro atoms. The van der Waals surface area contributed by atoms with E-state index in [2.05, 4.69) is 27.5 Å².